The lowest BCUT2D eigenvalue weighted by atomic mass is 10.1. The Morgan fingerprint density at radius 3 is 2.21 bits per heavy atom. The fourth-order valence-corrected chi connectivity index (χ4v) is 1.44. The fraction of sp³-hybridized carbons (Fsp3) is 0.0909. The van der Waals surface area contributed by atoms with Crippen LogP contribution in [0.3, 0.4) is 0 Å². The normalized spacial score (nSPS) is 16.1. The van der Waals surface area contributed by atoms with Crippen molar-refractivity contribution in [1.29, 1.82) is 0 Å². The maximum Gasteiger partial charge on any atom is 0.298 e. The fourth-order valence-electron chi connectivity index (χ4n) is 1.44. The van der Waals surface area contributed by atoms with Gasteiger partial charge in [0.25, 0.3) is 5.91 Å². The third kappa shape index (κ3) is 1.23. The predicted octanol–water partition coefficient (Wildman–Crippen LogP) is 1.07. The molecule has 0 saturated carbocycles. The Morgan fingerprint density at radius 2 is 1.71 bits per heavy atom. The van der Waals surface area contributed by atoms with Crippen molar-refractivity contribution >= 4 is 17.4 Å². The number of hydrogen-bond acceptors (Lipinski definition) is 2. The number of hydrogen-bond donors (Lipinski definition) is 0. The topological polar surface area (TPSA) is 37.4 Å². The summed E-state index contributed by atoms with van der Waals surface area (Å²) in [4.78, 5) is 23.7. The number of nitrogens with zero attached hydrogens (tertiary/aromatic N) is 1. The first kappa shape index (κ1) is 8.69. The molecule has 3 heteroatoms. The molecule has 0 spiro atoms. The van der Waals surface area contributed by atoms with E-state index in [0.717, 1.165) is 5.56 Å². The monoisotopic (exact) mass is 187 g/mol. The Labute approximate surface area is 81.6 Å². The molecule has 2 rings (SSSR count). The lowest BCUT2D eigenvalue weighted by molar-refractivity contribution is -0.138. The summed E-state index contributed by atoms with van der Waals surface area (Å²) < 4.78 is 0. The second-order valence-electron chi connectivity index (χ2n) is 3.12. The Bertz CT molecular complexity index is 420. The summed E-state index contributed by atoms with van der Waals surface area (Å²) in [5.41, 5.74) is 1.55. The lowest BCUT2D eigenvalue weighted by Crippen LogP contribution is -2.23. The largest absolute Gasteiger partial charge is 0.308 e. The van der Waals surface area contributed by atoms with Gasteiger partial charge in [-0.15, -0.1) is 0 Å². The second-order valence-corrected chi connectivity index (χ2v) is 3.12. The van der Waals surface area contributed by atoms with Crippen molar-refractivity contribution in [2.75, 3.05) is 7.05 Å². The molecular weight excluding hydrogens is 178 g/mol. The molecule has 1 aliphatic heterocycles. The van der Waals surface area contributed by atoms with Crippen LogP contribution in [0.5, 0.6) is 0 Å². The van der Waals surface area contributed by atoms with E-state index in [9.17, 15) is 9.59 Å². The van der Waals surface area contributed by atoms with Gasteiger partial charge >= 0.3 is 0 Å². The molecule has 0 aromatic heterocycles. The van der Waals surface area contributed by atoms with Crippen LogP contribution in [-0.4, -0.2) is 23.6 Å². The number of ketones is 1. The van der Waals surface area contributed by atoms with E-state index in [1.807, 2.05) is 30.3 Å². The molecular formula is C11H9NO2. The van der Waals surface area contributed by atoms with Gasteiger partial charge in [0.1, 0.15) is 0 Å². The first-order valence-electron chi connectivity index (χ1n) is 4.29. The van der Waals surface area contributed by atoms with Crippen LogP contribution in [0.25, 0.3) is 5.70 Å². The lowest BCUT2D eigenvalue weighted by Gasteiger charge is -2.12. The SMILES string of the molecule is CN1C(=O)C(=O)C=C1c1ccccc1. The molecule has 0 aliphatic carbocycles. The molecule has 3 nitrogen and oxygen atoms in total. The van der Waals surface area contributed by atoms with Crippen LogP contribution in [0.1, 0.15) is 5.56 Å². The summed E-state index contributed by atoms with van der Waals surface area (Å²) in [7, 11) is 1.60. The van der Waals surface area contributed by atoms with Crippen molar-refractivity contribution in [3.05, 3.63) is 42.0 Å². The average molecular weight is 187 g/mol. The van der Waals surface area contributed by atoms with Crippen LogP contribution < -0.4 is 0 Å². The van der Waals surface area contributed by atoms with Gasteiger partial charge in [-0.1, -0.05) is 30.3 Å². The van der Waals surface area contributed by atoms with Gasteiger partial charge in [0, 0.05) is 13.1 Å². The van der Waals surface area contributed by atoms with Crippen molar-refractivity contribution in [1.82, 2.24) is 4.90 Å². The van der Waals surface area contributed by atoms with E-state index in [0.29, 0.717) is 5.70 Å². The van der Waals surface area contributed by atoms with Crippen molar-refractivity contribution in [3.63, 3.8) is 0 Å². The van der Waals surface area contributed by atoms with Crippen LogP contribution in [0.4, 0.5) is 0 Å². The zero-order chi connectivity index (χ0) is 10.1. The van der Waals surface area contributed by atoms with E-state index in [1.54, 1.807) is 7.05 Å². The van der Waals surface area contributed by atoms with Gasteiger partial charge in [-0.05, 0) is 5.56 Å². The molecule has 0 saturated heterocycles. The number of benzene rings is 1. The molecule has 1 heterocycles. The van der Waals surface area contributed by atoms with E-state index in [-0.39, 0.29) is 0 Å². The van der Waals surface area contributed by atoms with Gasteiger partial charge in [-0.3, -0.25) is 9.59 Å². The van der Waals surface area contributed by atoms with Gasteiger partial charge in [0.2, 0.25) is 5.78 Å². The molecule has 0 bridgehead atoms. The van der Waals surface area contributed by atoms with Crippen molar-refractivity contribution < 1.29 is 9.59 Å². The van der Waals surface area contributed by atoms with Crippen molar-refractivity contribution in [3.8, 4) is 0 Å². The third-order valence-corrected chi connectivity index (χ3v) is 2.21. The highest BCUT2D eigenvalue weighted by Crippen LogP contribution is 2.22. The van der Waals surface area contributed by atoms with E-state index in [2.05, 4.69) is 0 Å². The summed E-state index contributed by atoms with van der Waals surface area (Å²) in [6.45, 7) is 0. The van der Waals surface area contributed by atoms with Crippen molar-refractivity contribution in [2.45, 2.75) is 0 Å². The summed E-state index contributed by atoms with van der Waals surface area (Å²) in [5, 5.41) is 0. The molecule has 1 aliphatic rings. The zero-order valence-electron chi connectivity index (χ0n) is 7.73. The van der Waals surface area contributed by atoms with Crippen LogP contribution >= 0.6 is 0 Å². The first-order chi connectivity index (χ1) is 6.70. The van der Waals surface area contributed by atoms with Gasteiger partial charge in [0.15, 0.2) is 0 Å². The molecule has 70 valence electrons. The molecule has 0 fully saturated rings. The number of amides is 1. The van der Waals surface area contributed by atoms with Gasteiger partial charge in [-0.2, -0.15) is 0 Å². The van der Waals surface area contributed by atoms with Crippen molar-refractivity contribution in [2.24, 2.45) is 0 Å². The molecule has 0 unspecified atom stereocenters. The average Bonchev–Trinajstić information content (AvgIpc) is 2.47. The minimum absolute atomic E-state index is 0.452. The summed E-state index contributed by atoms with van der Waals surface area (Å²) in [6.07, 6.45) is 1.37. The van der Waals surface area contributed by atoms with Crippen LogP contribution in [-0.2, 0) is 9.59 Å². The third-order valence-electron chi connectivity index (χ3n) is 2.21. The van der Waals surface area contributed by atoms with Gasteiger partial charge in [0.05, 0.1) is 5.70 Å². The Morgan fingerprint density at radius 1 is 1.07 bits per heavy atom. The number of carbonyl (C=O) groups excluding carboxylic acids is 2. The summed E-state index contributed by atoms with van der Waals surface area (Å²) >= 11 is 0. The number of carbonyl (C=O) groups is 2. The molecule has 0 radical (unpaired) electrons. The Balaban J connectivity index is 2.43. The summed E-state index contributed by atoms with van der Waals surface area (Å²) in [5.74, 6) is -0.921. The molecule has 0 atom stereocenters. The number of likely N-dealkylation sites (N-methyl/N-ethyl adjacent to an activating group) is 1. The van der Waals surface area contributed by atoms with Gasteiger partial charge in [-0.25, -0.2) is 0 Å². The highest BCUT2D eigenvalue weighted by molar-refractivity contribution is 6.46. The van der Waals surface area contributed by atoms with E-state index < -0.39 is 11.7 Å². The molecule has 1 amide bonds. The van der Waals surface area contributed by atoms with E-state index in [1.165, 1.54) is 11.0 Å². The maximum absolute atomic E-state index is 11.2. The van der Waals surface area contributed by atoms with E-state index in [4.69, 9.17) is 0 Å². The maximum atomic E-state index is 11.2. The molecule has 14 heavy (non-hydrogen) atoms. The molecule has 1 aromatic rings. The minimum Gasteiger partial charge on any atom is -0.308 e. The van der Waals surface area contributed by atoms with Crippen LogP contribution in [0, 0.1) is 0 Å². The minimum atomic E-state index is -0.469. The second kappa shape index (κ2) is 3.10. The zero-order valence-corrected chi connectivity index (χ0v) is 7.73. The van der Waals surface area contributed by atoms with Gasteiger partial charge < -0.3 is 4.90 Å². The highest BCUT2D eigenvalue weighted by atomic mass is 16.2. The van der Waals surface area contributed by atoms with Crippen LogP contribution in [0.15, 0.2) is 36.4 Å². The first-order valence-corrected chi connectivity index (χ1v) is 4.29. The molecule has 0 N–H and O–H groups in total. The quantitative estimate of drug-likeness (QED) is 0.617. The Hall–Kier alpha value is -1.90. The summed E-state index contributed by atoms with van der Waals surface area (Å²) in [6, 6.07) is 9.37. The highest BCUT2D eigenvalue weighted by Gasteiger charge is 2.28. The predicted molar refractivity (Wildman–Crippen MR) is 52.2 cm³/mol. The smallest absolute Gasteiger partial charge is 0.298 e. The standard InChI is InChI=1S/C11H9NO2/c1-12-9(7-10(13)11(12)14)8-5-3-2-4-6-8/h2-7H,1H3. The van der Waals surface area contributed by atoms with Crippen LogP contribution in [0.2, 0.25) is 0 Å². The molecule has 1 aromatic carbocycles. The number of rotatable bonds is 1. The van der Waals surface area contributed by atoms with E-state index >= 15 is 0 Å². The Kier molecular flexibility index (Phi) is 1.93.